The number of aryl methyl sites for hydroxylation is 2. The monoisotopic (exact) mass is 927 g/mol. The van der Waals surface area contributed by atoms with Gasteiger partial charge in [-0.15, -0.1) is 18.2 Å². The summed E-state index contributed by atoms with van der Waals surface area (Å²) in [6, 6.07) is 31.3. The molecule has 0 saturated carbocycles. The molecule has 52 heavy (non-hydrogen) atoms. The van der Waals surface area contributed by atoms with Gasteiger partial charge in [0.05, 0.1) is 17.0 Å². The van der Waals surface area contributed by atoms with Crippen molar-refractivity contribution >= 4 is 39.7 Å². The van der Waals surface area contributed by atoms with E-state index in [9.17, 15) is 0 Å². The number of hydrogen-bond donors (Lipinski definition) is 0. The third-order valence-electron chi connectivity index (χ3n) is 8.99. The van der Waals surface area contributed by atoms with E-state index in [1.54, 1.807) is 10.6 Å². The molecule has 0 aliphatic rings. The molecule has 0 N–H and O–H groups in total. The zero-order valence-electron chi connectivity index (χ0n) is 31.8. The number of fused-ring (bicyclic) bond motifs is 3. The van der Waals surface area contributed by atoms with Crippen molar-refractivity contribution in [2.24, 2.45) is 11.8 Å². The molecular weight excluding hydrogens is 877 g/mol. The van der Waals surface area contributed by atoms with Crippen LogP contribution < -0.4 is 4.40 Å². The van der Waals surface area contributed by atoms with Crippen LogP contribution in [0.15, 0.2) is 95.8 Å². The van der Waals surface area contributed by atoms with Crippen molar-refractivity contribution in [3.05, 3.63) is 126 Å². The van der Waals surface area contributed by atoms with E-state index in [0.29, 0.717) is 17.5 Å². The van der Waals surface area contributed by atoms with Crippen LogP contribution in [0.1, 0.15) is 49.9 Å². The van der Waals surface area contributed by atoms with Gasteiger partial charge >= 0.3 is 126 Å². The van der Waals surface area contributed by atoms with Crippen molar-refractivity contribution in [3.63, 3.8) is 0 Å². The SMILES string of the molecule is CC(C)Cc1cc(-c2[c-]cccc2)nc[c]1[Ge]([CH3])([CH3])[CH3].Cc1cccnc1-c1nc2oc3c(-c4cc(CC(C)C)ccn4)[c-]ccc3c2cc1C.[Ir]. The van der Waals surface area contributed by atoms with Crippen LogP contribution in [0, 0.1) is 37.8 Å². The molecular formula is C45H48GeIrN4O-2. The van der Waals surface area contributed by atoms with Gasteiger partial charge in [0.2, 0.25) is 5.71 Å². The van der Waals surface area contributed by atoms with Crippen molar-refractivity contribution in [2.75, 3.05) is 0 Å². The van der Waals surface area contributed by atoms with Gasteiger partial charge in [0, 0.05) is 37.9 Å². The first-order chi connectivity index (χ1) is 24.4. The Morgan fingerprint density at radius 2 is 1.50 bits per heavy atom. The van der Waals surface area contributed by atoms with E-state index >= 15 is 0 Å². The van der Waals surface area contributed by atoms with Gasteiger partial charge in [-0.05, 0) is 61.2 Å². The molecule has 7 heteroatoms. The molecule has 7 aromatic rings. The van der Waals surface area contributed by atoms with Gasteiger partial charge in [-0.2, -0.15) is 0 Å². The molecule has 0 bridgehead atoms. The summed E-state index contributed by atoms with van der Waals surface area (Å²) in [7, 11) is 0. The van der Waals surface area contributed by atoms with Gasteiger partial charge in [-0.1, -0.05) is 42.5 Å². The predicted octanol–water partition coefficient (Wildman–Crippen LogP) is 11.0. The maximum absolute atomic E-state index is 6.31. The second kappa shape index (κ2) is 16.8. The van der Waals surface area contributed by atoms with Crippen LogP contribution in [0.5, 0.6) is 0 Å². The first-order valence-electron chi connectivity index (χ1n) is 18.0. The maximum atomic E-state index is 6.31. The van der Waals surface area contributed by atoms with Gasteiger partial charge in [0.15, 0.2) is 0 Å². The molecule has 7 rings (SSSR count). The van der Waals surface area contributed by atoms with Crippen molar-refractivity contribution in [3.8, 4) is 33.9 Å². The van der Waals surface area contributed by atoms with Gasteiger partial charge < -0.3 is 9.40 Å². The molecule has 5 aromatic heterocycles. The molecule has 0 aliphatic carbocycles. The van der Waals surface area contributed by atoms with Crippen molar-refractivity contribution < 1.29 is 24.5 Å². The third-order valence-corrected chi connectivity index (χ3v) is 13.3. The summed E-state index contributed by atoms with van der Waals surface area (Å²) in [5.74, 6) is 8.58. The maximum Gasteiger partial charge on any atom is 0.216 e. The molecule has 0 atom stereocenters. The Morgan fingerprint density at radius 3 is 2.19 bits per heavy atom. The zero-order valence-corrected chi connectivity index (χ0v) is 36.3. The minimum absolute atomic E-state index is 0. The molecule has 0 saturated heterocycles. The summed E-state index contributed by atoms with van der Waals surface area (Å²) >= 11 is -1.86. The average Bonchev–Trinajstić information content (AvgIpc) is 3.45. The number of furan rings is 1. The molecule has 269 valence electrons. The Hall–Kier alpha value is -3.97. The smallest absolute Gasteiger partial charge is 0.216 e. The Morgan fingerprint density at radius 1 is 0.712 bits per heavy atom. The van der Waals surface area contributed by atoms with E-state index in [1.807, 2.05) is 42.6 Å². The number of aromatic nitrogens is 4. The van der Waals surface area contributed by atoms with Gasteiger partial charge in [-0.25, -0.2) is 4.98 Å². The summed E-state index contributed by atoms with van der Waals surface area (Å²) in [6.07, 6.45) is 7.95. The van der Waals surface area contributed by atoms with E-state index in [-0.39, 0.29) is 20.1 Å². The Balaban J connectivity index is 0.000000217. The van der Waals surface area contributed by atoms with Gasteiger partial charge in [-0.3, -0.25) is 4.98 Å². The number of rotatable bonds is 8. The fourth-order valence-electron chi connectivity index (χ4n) is 6.62. The standard InChI is InChI=1S/C27H24N3O.C18H24GeN.Ir/c1-16(2)13-19-10-12-28-23(15-19)21-9-5-8-20-22-14-18(4)25(30-27(22)31-26(20)21)24-17(3)7-6-11-29-24;1-14(2)11-16-12-18(15-9-7-6-8-10-15)20-13-17(16)19(3,4)5;/h5-8,10-12,14-16H,13H2,1-4H3;6-9,12-14H,11H2,1-5H3;/q2*-1;. The Bertz CT molecular complexity index is 2290. The average molecular weight is 926 g/mol. The molecule has 0 spiro atoms. The van der Waals surface area contributed by atoms with Crippen LogP contribution in [0.4, 0.5) is 0 Å². The second-order valence-electron chi connectivity index (χ2n) is 15.4. The third kappa shape index (κ3) is 8.97. The molecule has 1 radical (unpaired) electrons. The largest absolute Gasteiger partial charge is 0.486 e. The topological polar surface area (TPSA) is 64.7 Å². The molecule has 5 nitrogen and oxygen atoms in total. The normalized spacial score (nSPS) is 11.5. The van der Waals surface area contributed by atoms with Crippen LogP contribution in [-0.4, -0.2) is 33.2 Å². The number of benzene rings is 2. The van der Waals surface area contributed by atoms with Crippen LogP contribution in [-0.2, 0) is 32.9 Å². The summed E-state index contributed by atoms with van der Waals surface area (Å²) in [5, 5.41) is 2.03. The molecule has 2 aromatic carbocycles. The molecule has 0 amide bonds. The van der Waals surface area contributed by atoms with E-state index in [1.165, 1.54) is 11.1 Å². The first kappa shape index (κ1) is 39.2. The minimum atomic E-state index is -1.86. The predicted molar refractivity (Wildman–Crippen MR) is 215 cm³/mol. The van der Waals surface area contributed by atoms with E-state index < -0.39 is 13.3 Å². The number of hydrogen-bond acceptors (Lipinski definition) is 5. The minimum Gasteiger partial charge on any atom is -0.486 e. The van der Waals surface area contributed by atoms with Crippen molar-refractivity contribution in [1.29, 1.82) is 0 Å². The summed E-state index contributed by atoms with van der Waals surface area (Å²) < 4.78 is 7.85. The molecule has 5 heterocycles. The van der Waals surface area contributed by atoms with Gasteiger partial charge in [0.25, 0.3) is 0 Å². The number of pyridine rings is 4. The van der Waals surface area contributed by atoms with E-state index in [2.05, 4.69) is 124 Å². The Labute approximate surface area is 325 Å². The van der Waals surface area contributed by atoms with Crippen LogP contribution in [0.25, 0.3) is 56.0 Å². The quantitative estimate of drug-likeness (QED) is 0.112. The summed E-state index contributed by atoms with van der Waals surface area (Å²) in [4.78, 5) is 18.7. The number of nitrogens with zero attached hydrogens (tertiary/aromatic N) is 4. The second-order valence-corrected chi connectivity index (χ2v) is 25.9. The van der Waals surface area contributed by atoms with E-state index in [4.69, 9.17) is 14.4 Å². The van der Waals surface area contributed by atoms with Crippen LogP contribution in [0.2, 0.25) is 17.3 Å². The van der Waals surface area contributed by atoms with Crippen molar-refractivity contribution in [2.45, 2.75) is 71.7 Å². The fourth-order valence-corrected chi connectivity index (χ4v) is 9.96. The fraction of sp³-hybridized carbons (Fsp3) is 0.289. The summed E-state index contributed by atoms with van der Waals surface area (Å²) in [6.45, 7) is 13.1. The molecule has 0 fully saturated rings. The Kier molecular flexibility index (Phi) is 12.7. The molecule has 0 unspecified atom stereocenters. The van der Waals surface area contributed by atoms with Gasteiger partial charge in [0.1, 0.15) is 0 Å². The van der Waals surface area contributed by atoms with Crippen molar-refractivity contribution in [1.82, 2.24) is 19.9 Å². The van der Waals surface area contributed by atoms with E-state index in [0.717, 1.165) is 74.2 Å². The first-order valence-corrected chi connectivity index (χ1v) is 25.3. The summed E-state index contributed by atoms with van der Waals surface area (Å²) in [5.41, 5.74) is 11.9. The van der Waals surface area contributed by atoms with Crippen LogP contribution in [0.3, 0.4) is 0 Å². The molecule has 0 aliphatic heterocycles. The van der Waals surface area contributed by atoms with Crippen LogP contribution >= 0.6 is 0 Å². The zero-order chi connectivity index (χ0) is 36.3.